The van der Waals surface area contributed by atoms with Gasteiger partial charge in [0.15, 0.2) is 0 Å². The molecule has 3 heterocycles. The Morgan fingerprint density at radius 1 is 1.00 bits per heavy atom. The number of piperazine rings is 1. The van der Waals surface area contributed by atoms with Crippen molar-refractivity contribution in [3.8, 4) is 0 Å². The zero-order chi connectivity index (χ0) is 15.5. The van der Waals surface area contributed by atoms with E-state index >= 15 is 0 Å². The maximum atomic E-state index is 5.29. The lowest BCUT2D eigenvalue weighted by Gasteiger charge is -2.25. The summed E-state index contributed by atoms with van der Waals surface area (Å²) in [6.45, 7) is 3.69. The SMILES string of the molecule is C(=C\c1nc(N2CCNCC2)no1)/c1ccc2ccccc2n1. The van der Waals surface area contributed by atoms with E-state index in [0.29, 0.717) is 11.8 Å². The predicted molar refractivity (Wildman–Crippen MR) is 90.1 cm³/mol. The van der Waals surface area contributed by atoms with Crippen LogP contribution in [0.2, 0.25) is 0 Å². The number of rotatable bonds is 3. The standard InChI is InChI=1S/C17H17N5O/c1-2-4-15-13(3-1)5-6-14(19-15)7-8-16-20-17(21-23-16)22-11-9-18-10-12-22/h1-8,18H,9-12H2/b8-7+. The molecule has 0 saturated carbocycles. The van der Waals surface area contributed by atoms with Crippen LogP contribution in [0.25, 0.3) is 23.1 Å². The van der Waals surface area contributed by atoms with Crippen molar-refractivity contribution in [1.29, 1.82) is 0 Å². The number of pyridine rings is 1. The molecule has 6 heteroatoms. The van der Waals surface area contributed by atoms with E-state index in [-0.39, 0.29) is 0 Å². The second-order valence-electron chi connectivity index (χ2n) is 5.43. The Bertz CT molecular complexity index is 836. The van der Waals surface area contributed by atoms with Gasteiger partial charge in [-0.25, -0.2) is 4.98 Å². The van der Waals surface area contributed by atoms with Gasteiger partial charge in [-0.05, 0) is 23.4 Å². The van der Waals surface area contributed by atoms with E-state index < -0.39 is 0 Å². The minimum atomic E-state index is 0.494. The van der Waals surface area contributed by atoms with Crippen LogP contribution in [0, 0.1) is 0 Å². The molecule has 0 spiro atoms. The summed E-state index contributed by atoms with van der Waals surface area (Å²) in [5.74, 6) is 1.14. The Morgan fingerprint density at radius 2 is 1.87 bits per heavy atom. The Morgan fingerprint density at radius 3 is 2.78 bits per heavy atom. The maximum Gasteiger partial charge on any atom is 0.266 e. The average Bonchev–Trinajstić information content (AvgIpc) is 3.10. The molecule has 0 unspecified atom stereocenters. The van der Waals surface area contributed by atoms with Gasteiger partial charge in [-0.15, -0.1) is 0 Å². The van der Waals surface area contributed by atoms with E-state index in [1.165, 1.54) is 0 Å². The summed E-state index contributed by atoms with van der Waals surface area (Å²) in [7, 11) is 0. The number of nitrogens with one attached hydrogen (secondary N) is 1. The van der Waals surface area contributed by atoms with Crippen LogP contribution >= 0.6 is 0 Å². The second kappa shape index (κ2) is 6.18. The van der Waals surface area contributed by atoms with E-state index in [1.54, 1.807) is 6.08 Å². The highest BCUT2D eigenvalue weighted by molar-refractivity contribution is 5.80. The molecule has 116 valence electrons. The highest BCUT2D eigenvalue weighted by Gasteiger charge is 2.15. The van der Waals surface area contributed by atoms with Crippen molar-refractivity contribution in [3.05, 3.63) is 48.0 Å². The van der Waals surface area contributed by atoms with Crippen LogP contribution in [0.5, 0.6) is 0 Å². The van der Waals surface area contributed by atoms with Crippen molar-refractivity contribution in [1.82, 2.24) is 20.4 Å². The minimum absolute atomic E-state index is 0.494. The molecular formula is C17H17N5O. The topological polar surface area (TPSA) is 67.1 Å². The maximum absolute atomic E-state index is 5.29. The molecule has 1 N–H and O–H groups in total. The van der Waals surface area contributed by atoms with Gasteiger partial charge in [-0.1, -0.05) is 24.3 Å². The molecule has 0 radical (unpaired) electrons. The van der Waals surface area contributed by atoms with Gasteiger partial charge >= 0.3 is 0 Å². The fourth-order valence-corrected chi connectivity index (χ4v) is 2.62. The Kier molecular flexibility index (Phi) is 3.73. The molecule has 4 rings (SSSR count). The molecule has 1 saturated heterocycles. The van der Waals surface area contributed by atoms with Crippen molar-refractivity contribution in [2.24, 2.45) is 0 Å². The quantitative estimate of drug-likeness (QED) is 0.800. The normalized spacial score (nSPS) is 15.6. The molecule has 23 heavy (non-hydrogen) atoms. The zero-order valence-corrected chi connectivity index (χ0v) is 12.6. The summed E-state index contributed by atoms with van der Waals surface area (Å²) in [5, 5.41) is 8.47. The lowest BCUT2D eigenvalue weighted by molar-refractivity contribution is 0.407. The molecule has 0 aliphatic carbocycles. The van der Waals surface area contributed by atoms with E-state index in [4.69, 9.17) is 4.52 Å². The molecule has 1 aliphatic heterocycles. The molecule has 0 atom stereocenters. The predicted octanol–water partition coefficient (Wildman–Crippen LogP) is 2.20. The number of aromatic nitrogens is 3. The van der Waals surface area contributed by atoms with Crippen LogP contribution in [-0.2, 0) is 0 Å². The minimum Gasteiger partial charge on any atom is -0.336 e. The van der Waals surface area contributed by atoms with Crippen LogP contribution in [0.15, 0.2) is 40.9 Å². The molecule has 6 nitrogen and oxygen atoms in total. The van der Waals surface area contributed by atoms with Gasteiger partial charge in [0.05, 0.1) is 11.2 Å². The van der Waals surface area contributed by atoms with Crippen LogP contribution in [0.1, 0.15) is 11.6 Å². The smallest absolute Gasteiger partial charge is 0.266 e. The fourth-order valence-electron chi connectivity index (χ4n) is 2.62. The van der Waals surface area contributed by atoms with Crippen molar-refractivity contribution in [2.75, 3.05) is 31.1 Å². The summed E-state index contributed by atoms with van der Waals surface area (Å²) in [4.78, 5) is 11.1. The summed E-state index contributed by atoms with van der Waals surface area (Å²) in [5.41, 5.74) is 1.84. The van der Waals surface area contributed by atoms with Gasteiger partial charge in [0, 0.05) is 37.6 Å². The van der Waals surface area contributed by atoms with Crippen LogP contribution in [-0.4, -0.2) is 41.3 Å². The molecule has 1 aliphatic rings. The van der Waals surface area contributed by atoms with Crippen LogP contribution in [0.4, 0.5) is 5.95 Å². The summed E-state index contributed by atoms with van der Waals surface area (Å²) >= 11 is 0. The van der Waals surface area contributed by atoms with E-state index in [0.717, 1.165) is 42.8 Å². The number of benzene rings is 1. The van der Waals surface area contributed by atoms with E-state index in [1.807, 2.05) is 36.4 Å². The number of hydrogen-bond donors (Lipinski definition) is 1. The summed E-state index contributed by atoms with van der Waals surface area (Å²) in [6, 6.07) is 12.1. The first-order valence-corrected chi connectivity index (χ1v) is 7.72. The number of hydrogen-bond acceptors (Lipinski definition) is 6. The zero-order valence-electron chi connectivity index (χ0n) is 12.6. The van der Waals surface area contributed by atoms with Gasteiger partial charge in [-0.3, -0.25) is 0 Å². The number of anilines is 1. The van der Waals surface area contributed by atoms with Gasteiger partial charge in [0.25, 0.3) is 11.8 Å². The van der Waals surface area contributed by atoms with Gasteiger partial charge in [0.1, 0.15) is 0 Å². The first kappa shape index (κ1) is 13.9. The summed E-state index contributed by atoms with van der Waals surface area (Å²) < 4.78 is 5.29. The third-order valence-corrected chi connectivity index (χ3v) is 3.85. The highest BCUT2D eigenvalue weighted by Crippen LogP contribution is 2.15. The van der Waals surface area contributed by atoms with Crippen LogP contribution in [0.3, 0.4) is 0 Å². The summed E-state index contributed by atoms with van der Waals surface area (Å²) in [6.07, 6.45) is 3.69. The molecule has 0 bridgehead atoms. The second-order valence-corrected chi connectivity index (χ2v) is 5.43. The molecule has 0 amide bonds. The van der Waals surface area contributed by atoms with Gasteiger partial charge in [-0.2, -0.15) is 4.98 Å². The Hall–Kier alpha value is -2.73. The van der Waals surface area contributed by atoms with Crippen molar-refractivity contribution in [2.45, 2.75) is 0 Å². The number of fused-ring (bicyclic) bond motifs is 1. The fraction of sp³-hybridized carbons (Fsp3) is 0.235. The monoisotopic (exact) mass is 307 g/mol. The Labute approximate surface area is 133 Å². The van der Waals surface area contributed by atoms with Gasteiger partial charge < -0.3 is 14.7 Å². The van der Waals surface area contributed by atoms with Gasteiger partial charge in [0.2, 0.25) is 0 Å². The lowest BCUT2D eigenvalue weighted by Crippen LogP contribution is -2.44. The molecule has 1 aromatic carbocycles. The van der Waals surface area contributed by atoms with Crippen molar-refractivity contribution >= 4 is 29.0 Å². The van der Waals surface area contributed by atoms with Crippen molar-refractivity contribution in [3.63, 3.8) is 0 Å². The molecule has 3 aromatic rings. The first-order chi connectivity index (χ1) is 11.4. The number of nitrogens with zero attached hydrogens (tertiary/aromatic N) is 4. The average molecular weight is 307 g/mol. The lowest BCUT2D eigenvalue weighted by atomic mass is 10.2. The third kappa shape index (κ3) is 3.07. The number of para-hydroxylation sites is 1. The van der Waals surface area contributed by atoms with E-state index in [9.17, 15) is 0 Å². The van der Waals surface area contributed by atoms with Crippen molar-refractivity contribution < 1.29 is 4.52 Å². The molecule has 1 fully saturated rings. The highest BCUT2D eigenvalue weighted by atomic mass is 16.5. The molecule has 2 aromatic heterocycles. The Balaban J connectivity index is 1.52. The van der Waals surface area contributed by atoms with Crippen LogP contribution < -0.4 is 10.2 Å². The molecular weight excluding hydrogens is 290 g/mol. The third-order valence-electron chi connectivity index (χ3n) is 3.85. The van der Waals surface area contributed by atoms with E-state index in [2.05, 4.69) is 31.4 Å². The largest absolute Gasteiger partial charge is 0.336 e. The first-order valence-electron chi connectivity index (χ1n) is 7.72.